The maximum Gasteiger partial charge on any atom is 0.222 e. The summed E-state index contributed by atoms with van der Waals surface area (Å²) >= 11 is 0. The summed E-state index contributed by atoms with van der Waals surface area (Å²) in [6.07, 6.45) is 2.19. The van der Waals surface area contributed by atoms with Crippen LogP contribution in [-0.4, -0.2) is 81.8 Å². The van der Waals surface area contributed by atoms with Crippen molar-refractivity contribution in [1.82, 2.24) is 9.80 Å². The molecule has 7 nitrogen and oxygen atoms in total. The van der Waals surface area contributed by atoms with Crippen molar-refractivity contribution in [2.45, 2.75) is 37.1 Å². The molecule has 2 aliphatic heterocycles. The van der Waals surface area contributed by atoms with Gasteiger partial charge in [-0.1, -0.05) is 30.3 Å². The smallest absolute Gasteiger partial charge is 0.222 e. The molecule has 0 spiro atoms. The van der Waals surface area contributed by atoms with Gasteiger partial charge in [-0.15, -0.1) is 0 Å². The van der Waals surface area contributed by atoms with Crippen LogP contribution in [0.2, 0.25) is 0 Å². The molecule has 0 N–H and O–H groups in total. The van der Waals surface area contributed by atoms with E-state index in [1.807, 2.05) is 25.1 Å². The maximum absolute atomic E-state index is 12.7. The van der Waals surface area contributed by atoms with Crippen LogP contribution in [0.1, 0.15) is 26.2 Å². The van der Waals surface area contributed by atoms with Crippen molar-refractivity contribution in [1.29, 1.82) is 0 Å². The van der Waals surface area contributed by atoms with Crippen LogP contribution < -0.4 is 9.64 Å². The lowest BCUT2D eigenvalue weighted by molar-refractivity contribution is -0.130. The zero-order chi connectivity index (χ0) is 24.0. The Labute approximate surface area is 203 Å². The predicted octanol–water partition coefficient (Wildman–Crippen LogP) is 3.06. The van der Waals surface area contributed by atoms with Crippen molar-refractivity contribution in [2.75, 3.05) is 56.5 Å². The summed E-state index contributed by atoms with van der Waals surface area (Å²) in [6, 6.07) is 17.0. The minimum atomic E-state index is -3.39. The number of hydrogen-bond donors (Lipinski definition) is 0. The van der Waals surface area contributed by atoms with Gasteiger partial charge < -0.3 is 14.5 Å². The second-order valence-corrected chi connectivity index (χ2v) is 11.0. The Hall–Kier alpha value is -2.58. The minimum absolute atomic E-state index is 0.0364. The number of amides is 1. The highest BCUT2D eigenvalue weighted by Crippen LogP contribution is 2.30. The van der Waals surface area contributed by atoms with Gasteiger partial charge in [0.05, 0.1) is 22.9 Å². The lowest BCUT2D eigenvalue weighted by Crippen LogP contribution is -2.50. The second kappa shape index (κ2) is 11.2. The molecule has 1 atom stereocenters. The highest BCUT2D eigenvalue weighted by atomic mass is 32.2. The van der Waals surface area contributed by atoms with Crippen LogP contribution in [0.4, 0.5) is 5.69 Å². The molecular formula is C26H35N3O4S. The predicted molar refractivity (Wildman–Crippen MR) is 134 cm³/mol. The van der Waals surface area contributed by atoms with E-state index >= 15 is 0 Å². The van der Waals surface area contributed by atoms with Gasteiger partial charge in [0, 0.05) is 51.7 Å². The van der Waals surface area contributed by atoms with Crippen molar-refractivity contribution in [2.24, 2.45) is 0 Å². The molecule has 0 bridgehead atoms. The number of hydrogen-bond acceptors (Lipinski definition) is 6. The van der Waals surface area contributed by atoms with E-state index in [0.717, 1.165) is 50.5 Å². The molecule has 0 aromatic heterocycles. The first-order chi connectivity index (χ1) is 16.5. The van der Waals surface area contributed by atoms with Gasteiger partial charge in [0.15, 0.2) is 9.84 Å². The zero-order valence-electron chi connectivity index (χ0n) is 19.9. The summed E-state index contributed by atoms with van der Waals surface area (Å²) in [6.45, 7) is 7.26. The fourth-order valence-electron chi connectivity index (χ4n) is 4.92. The normalized spacial score (nSPS) is 20.3. The van der Waals surface area contributed by atoms with Crippen molar-refractivity contribution in [3.8, 4) is 5.75 Å². The van der Waals surface area contributed by atoms with E-state index in [1.165, 1.54) is 0 Å². The quantitative estimate of drug-likeness (QED) is 0.572. The molecule has 0 saturated carbocycles. The summed E-state index contributed by atoms with van der Waals surface area (Å²) in [4.78, 5) is 19.7. The first kappa shape index (κ1) is 24.5. The highest BCUT2D eigenvalue weighted by Gasteiger charge is 2.30. The minimum Gasteiger partial charge on any atom is -0.492 e. The van der Waals surface area contributed by atoms with Crippen LogP contribution in [0.3, 0.4) is 0 Å². The van der Waals surface area contributed by atoms with Crippen LogP contribution in [0.5, 0.6) is 5.75 Å². The number of likely N-dealkylation sites (tertiary alicyclic amines) is 1. The van der Waals surface area contributed by atoms with Gasteiger partial charge in [-0.25, -0.2) is 8.42 Å². The number of nitrogens with zero attached hydrogens (tertiary/aromatic N) is 3. The molecule has 0 aliphatic carbocycles. The van der Waals surface area contributed by atoms with Crippen LogP contribution in [0, 0.1) is 0 Å². The second-order valence-electron chi connectivity index (χ2n) is 8.92. The van der Waals surface area contributed by atoms with Gasteiger partial charge in [-0.2, -0.15) is 0 Å². The number of carbonyl (C=O) groups is 1. The highest BCUT2D eigenvalue weighted by molar-refractivity contribution is 7.91. The molecule has 1 unspecified atom stereocenters. The van der Waals surface area contributed by atoms with Crippen LogP contribution in [0.25, 0.3) is 0 Å². The zero-order valence-corrected chi connectivity index (χ0v) is 20.8. The summed E-state index contributed by atoms with van der Waals surface area (Å²) in [5.41, 5.74) is 1.14. The third kappa shape index (κ3) is 5.91. The molecule has 1 amide bonds. The Balaban J connectivity index is 1.30. The molecular weight excluding hydrogens is 450 g/mol. The molecule has 34 heavy (non-hydrogen) atoms. The first-order valence-electron chi connectivity index (χ1n) is 12.2. The summed E-state index contributed by atoms with van der Waals surface area (Å²) < 4.78 is 31.1. The summed E-state index contributed by atoms with van der Waals surface area (Å²) in [7, 11) is -3.39. The fraction of sp³-hybridized carbons (Fsp3) is 0.500. The van der Waals surface area contributed by atoms with Crippen molar-refractivity contribution < 1.29 is 17.9 Å². The molecule has 2 fully saturated rings. The van der Waals surface area contributed by atoms with Gasteiger partial charge in [-0.3, -0.25) is 9.69 Å². The number of rotatable bonds is 8. The van der Waals surface area contributed by atoms with Crippen LogP contribution in [-0.2, 0) is 14.6 Å². The Bertz CT molecular complexity index is 1050. The SMILES string of the molecule is CCOc1ccccc1N1CCN(C2CCC(=O)N(CCS(=O)(=O)c3ccccc3)CC2)CC1. The summed E-state index contributed by atoms with van der Waals surface area (Å²) in [5.74, 6) is 0.959. The summed E-state index contributed by atoms with van der Waals surface area (Å²) in [5, 5.41) is 0. The first-order valence-corrected chi connectivity index (χ1v) is 13.9. The number of para-hydroxylation sites is 2. The molecule has 2 aromatic rings. The molecule has 4 rings (SSSR count). The number of ether oxygens (including phenoxy) is 1. The molecule has 8 heteroatoms. The molecule has 2 aliphatic rings. The molecule has 184 valence electrons. The van der Waals surface area contributed by atoms with Crippen molar-refractivity contribution >= 4 is 21.4 Å². The van der Waals surface area contributed by atoms with Crippen LogP contribution >= 0.6 is 0 Å². The van der Waals surface area contributed by atoms with Gasteiger partial charge in [-0.05, 0) is 44.0 Å². The Morgan fingerprint density at radius 2 is 1.62 bits per heavy atom. The third-order valence-electron chi connectivity index (χ3n) is 6.85. The van der Waals surface area contributed by atoms with Crippen LogP contribution in [0.15, 0.2) is 59.5 Å². The van der Waals surface area contributed by atoms with E-state index < -0.39 is 9.84 Å². The van der Waals surface area contributed by atoms with Gasteiger partial charge >= 0.3 is 0 Å². The van der Waals surface area contributed by atoms with Gasteiger partial charge in [0.1, 0.15) is 5.75 Å². The Morgan fingerprint density at radius 3 is 2.35 bits per heavy atom. The number of anilines is 1. The number of piperazine rings is 1. The van der Waals surface area contributed by atoms with E-state index in [0.29, 0.717) is 30.5 Å². The third-order valence-corrected chi connectivity index (χ3v) is 8.56. The fourth-order valence-corrected chi connectivity index (χ4v) is 6.19. The van der Waals surface area contributed by atoms with Gasteiger partial charge in [0.2, 0.25) is 5.91 Å². The Kier molecular flexibility index (Phi) is 8.11. The van der Waals surface area contributed by atoms with E-state index in [-0.39, 0.29) is 18.2 Å². The molecule has 2 saturated heterocycles. The number of sulfone groups is 1. The monoisotopic (exact) mass is 485 g/mol. The van der Waals surface area contributed by atoms with Crippen molar-refractivity contribution in [3.63, 3.8) is 0 Å². The molecule has 2 heterocycles. The average Bonchev–Trinajstić information content (AvgIpc) is 3.05. The van der Waals surface area contributed by atoms with Gasteiger partial charge in [0.25, 0.3) is 0 Å². The van der Waals surface area contributed by atoms with Crippen molar-refractivity contribution in [3.05, 3.63) is 54.6 Å². The van der Waals surface area contributed by atoms with E-state index in [2.05, 4.69) is 15.9 Å². The topological polar surface area (TPSA) is 70.2 Å². The Morgan fingerprint density at radius 1 is 0.912 bits per heavy atom. The largest absolute Gasteiger partial charge is 0.492 e. The standard InChI is InChI=1S/C26H35N3O4S/c1-2-33-25-11-7-6-10-24(25)28-18-16-27(17-19-28)22-12-13-26(30)29(15-14-22)20-21-34(31,32)23-8-4-3-5-9-23/h3-11,22H,2,12-21H2,1H3. The molecule has 0 radical (unpaired) electrons. The lowest BCUT2D eigenvalue weighted by atomic mass is 10.1. The average molecular weight is 486 g/mol. The van der Waals surface area contributed by atoms with E-state index in [9.17, 15) is 13.2 Å². The number of benzene rings is 2. The molecule has 2 aromatic carbocycles. The maximum atomic E-state index is 12.7. The lowest BCUT2D eigenvalue weighted by Gasteiger charge is -2.40. The van der Waals surface area contributed by atoms with E-state index in [1.54, 1.807) is 35.2 Å². The number of carbonyl (C=O) groups excluding carboxylic acids is 1. The van der Waals surface area contributed by atoms with E-state index in [4.69, 9.17) is 4.74 Å².